The van der Waals surface area contributed by atoms with Crippen molar-refractivity contribution in [1.82, 2.24) is 0 Å². The van der Waals surface area contributed by atoms with Gasteiger partial charge in [-0.1, -0.05) is 156 Å². The van der Waals surface area contributed by atoms with Gasteiger partial charge in [0.05, 0.1) is 0 Å². The van der Waals surface area contributed by atoms with Crippen LogP contribution in [0.4, 0.5) is 0 Å². The zero-order valence-electron chi connectivity index (χ0n) is 35.4. The summed E-state index contributed by atoms with van der Waals surface area (Å²) in [6.45, 7) is 7.91. The van der Waals surface area contributed by atoms with Gasteiger partial charge in [-0.3, -0.25) is 0 Å². The Morgan fingerprint density at radius 2 is 0.981 bits per heavy atom. The van der Waals surface area contributed by atoms with Crippen molar-refractivity contribution in [3.05, 3.63) is 0 Å². The first-order valence-electron chi connectivity index (χ1n) is 25.6. The number of hydrogen-bond acceptors (Lipinski definition) is 0. The molecule has 298 valence electrons. The van der Waals surface area contributed by atoms with Gasteiger partial charge in [-0.2, -0.15) is 0 Å². The molecule has 0 heteroatoms. The van der Waals surface area contributed by atoms with Crippen molar-refractivity contribution in [1.29, 1.82) is 0 Å². The molecule has 0 amide bonds. The van der Waals surface area contributed by atoms with Gasteiger partial charge in [0.1, 0.15) is 0 Å². The lowest BCUT2D eigenvalue weighted by Crippen LogP contribution is -2.43. The smallest absolute Gasteiger partial charge is 0.0324 e. The van der Waals surface area contributed by atoms with Crippen LogP contribution in [-0.4, -0.2) is 0 Å². The predicted molar refractivity (Wildman–Crippen MR) is 224 cm³/mol. The molecule has 0 heterocycles. The first-order chi connectivity index (χ1) is 25.6. The molecule has 8 aliphatic carbocycles. The highest BCUT2D eigenvalue weighted by Crippen LogP contribution is 2.58. The van der Waals surface area contributed by atoms with E-state index < -0.39 is 0 Å². The van der Waals surface area contributed by atoms with Crippen molar-refractivity contribution in [2.24, 2.45) is 101 Å². The third-order valence-electron chi connectivity index (χ3n) is 20.1. The van der Waals surface area contributed by atoms with E-state index in [0.717, 1.165) is 101 Å². The fourth-order valence-electron chi connectivity index (χ4n) is 17.8. The molecule has 0 nitrogen and oxygen atoms in total. The van der Waals surface area contributed by atoms with E-state index >= 15 is 0 Å². The Kier molecular flexibility index (Phi) is 13.8. The zero-order valence-corrected chi connectivity index (χ0v) is 35.4. The van der Waals surface area contributed by atoms with Gasteiger partial charge in [0.2, 0.25) is 0 Å². The predicted octanol–water partition coefficient (Wildman–Crippen LogP) is 16.1. The highest BCUT2D eigenvalue weighted by molar-refractivity contribution is 4.98. The topological polar surface area (TPSA) is 0 Å². The zero-order chi connectivity index (χ0) is 35.4. The molecule has 0 spiro atoms. The van der Waals surface area contributed by atoms with Gasteiger partial charge in [0, 0.05) is 0 Å². The van der Waals surface area contributed by atoms with Gasteiger partial charge in [-0.15, -0.1) is 0 Å². The summed E-state index contributed by atoms with van der Waals surface area (Å²) in [5, 5.41) is 0. The van der Waals surface area contributed by atoms with Gasteiger partial charge in [0.15, 0.2) is 0 Å². The number of hydrogen-bond donors (Lipinski definition) is 0. The summed E-state index contributed by atoms with van der Waals surface area (Å²) in [7, 11) is 0. The highest BCUT2D eigenvalue weighted by atomic mass is 14.5. The second-order valence-corrected chi connectivity index (χ2v) is 22.5. The minimum Gasteiger partial charge on any atom is -0.0654 e. The van der Waals surface area contributed by atoms with Crippen LogP contribution in [0.1, 0.15) is 226 Å². The maximum Gasteiger partial charge on any atom is -0.0324 e. The van der Waals surface area contributed by atoms with Crippen molar-refractivity contribution in [3.8, 4) is 0 Å². The van der Waals surface area contributed by atoms with E-state index in [9.17, 15) is 0 Å². The number of rotatable bonds is 10. The summed E-state index contributed by atoms with van der Waals surface area (Å²) >= 11 is 0. The molecule has 0 aromatic rings. The summed E-state index contributed by atoms with van der Waals surface area (Å²) in [6.07, 6.45) is 50.5. The monoisotopic (exact) mass is 715 g/mol. The molecule has 0 radical (unpaired) electrons. The van der Waals surface area contributed by atoms with Crippen LogP contribution in [0, 0.1) is 101 Å². The van der Waals surface area contributed by atoms with Crippen molar-refractivity contribution >= 4 is 0 Å². The van der Waals surface area contributed by atoms with Crippen LogP contribution in [0.2, 0.25) is 0 Å². The van der Waals surface area contributed by atoms with E-state index in [0.29, 0.717) is 0 Å². The van der Waals surface area contributed by atoms with Crippen LogP contribution in [-0.2, 0) is 0 Å². The molecule has 0 aliphatic heterocycles. The SMILES string of the molecule is CCCC1CCCCC1C1CC(C2CCCC(C(C3CCCCC3C)C3CCCCC3CC3CCCCC3C3CCC4CCCCC43)C2)CCC1C. The van der Waals surface area contributed by atoms with Crippen molar-refractivity contribution in [2.45, 2.75) is 226 Å². The fraction of sp³-hybridized carbons (Fsp3) is 1.00. The molecule has 0 aromatic carbocycles. The average Bonchev–Trinajstić information content (AvgIpc) is 3.61. The molecule has 0 saturated heterocycles. The quantitative estimate of drug-likeness (QED) is 0.211. The molecule has 8 fully saturated rings. The van der Waals surface area contributed by atoms with Gasteiger partial charge in [-0.25, -0.2) is 0 Å². The van der Waals surface area contributed by atoms with E-state index in [1.807, 2.05) is 0 Å². The van der Waals surface area contributed by atoms with Crippen LogP contribution in [0.3, 0.4) is 0 Å². The number of fused-ring (bicyclic) bond motifs is 1. The fourth-order valence-corrected chi connectivity index (χ4v) is 17.8. The minimum atomic E-state index is 0.993. The molecule has 17 atom stereocenters. The summed E-state index contributed by atoms with van der Waals surface area (Å²) in [4.78, 5) is 0. The lowest BCUT2D eigenvalue weighted by atomic mass is 9.53. The molecule has 17 unspecified atom stereocenters. The van der Waals surface area contributed by atoms with Crippen LogP contribution in [0.25, 0.3) is 0 Å². The van der Waals surface area contributed by atoms with Gasteiger partial charge < -0.3 is 0 Å². The summed E-state index contributed by atoms with van der Waals surface area (Å²) < 4.78 is 0. The third kappa shape index (κ3) is 8.62. The maximum absolute atomic E-state index is 2.75. The maximum atomic E-state index is 2.75. The summed E-state index contributed by atoms with van der Waals surface area (Å²) in [5.74, 6) is 18.2. The van der Waals surface area contributed by atoms with Gasteiger partial charge in [-0.05, 0) is 171 Å². The molecular formula is C52H90. The molecule has 8 rings (SSSR count). The average molecular weight is 715 g/mol. The van der Waals surface area contributed by atoms with Crippen molar-refractivity contribution < 1.29 is 0 Å². The second-order valence-electron chi connectivity index (χ2n) is 22.5. The third-order valence-corrected chi connectivity index (χ3v) is 20.1. The van der Waals surface area contributed by atoms with E-state index in [4.69, 9.17) is 0 Å². The minimum absolute atomic E-state index is 0.993. The van der Waals surface area contributed by atoms with Gasteiger partial charge in [0.25, 0.3) is 0 Å². The molecule has 0 N–H and O–H groups in total. The Balaban J connectivity index is 0.995. The summed E-state index contributed by atoms with van der Waals surface area (Å²) in [5.41, 5.74) is 0. The molecule has 52 heavy (non-hydrogen) atoms. The van der Waals surface area contributed by atoms with Crippen LogP contribution < -0.4 is 0 Å². The second kappa shape index (κ2) is 18.5. The largest absolute Gasteiger partial charge is 0.0654 e. The molecule has 0 bridgehead atoms. The van der Waals surface area contributed by atoms with Crippen LogP contribution in [0.15, 0.2) is 0 Å². The Bertz CT molecular complexity index is 1060. The van der Waals surface area contributed by atoms with E-state index in [1.165, 1.54) is 32.1 Å². The van der Waals surface area contributed by atoms with Crippen molar-refractivity contribution in [3.63, 3.8) is 0 Å². The van der Waals surface area contributed by atoms with Crippen LogP contribution >= 0.6 is 0 Å². The standard InChI is InChI=1S/C52H90/c1-4-16-38-18-6-12-26-47(38)51-35-41(30-29-37(51)3)40-22-15-23-44(33-40)52(45-24-10-5-17-36(45)2)49-28-14-9-21-43(49)34-42-20-8-13-27-48(42)50-32-31-39-19-7-11-25-46(39)50/h36-52H,4-35H2,1-3H3. The Hall–Kier alpha value is 0. The van der Waals surface area contributed by atoms with E-state index in [1.54, 1.807) is 173 Å². The molecular weight excluding hydrogens is 625 g/mol. The Morgan fingerprint density at radius 1 is 0.385 bits per heavy atom. The Morgan fingerprint density at radius 3 is 1.77 bits per heavy atom. The first-order valence-corrected chi connectivity index (χ1v) is 25.6. The van der Waals surface area contributed by atoms with Gasteiger partial charge >= 0.3 is 0 Å². The lowest BCUT2D eigenvalue weighted by Gasteiger charge is -2.52. The molecule has 8 saturated carbocycles. The van der Waals surface area contributed by atoms with Crippen molar-refractivity contribution in [2.75, 3.05) is 0 Å². The molecule has 0 aromatic heterocycles. The normalized spacial score (nSPS) is 48.5. The lowest BCUT2D eigenvalue weighted by molar-refractivity contribution is -0.0227. The van der Waals surface area contributed by atoms with Crippen LogP contribution in [0.5, 0.6) is 0 Å². The molecule has 8 aliphatic rings. The highest BCUT2D eigenvalue weighted by Gasteiger charge is 2.49. The van der Waals surface area contributed by atoms with E-state index in [2.05, 4.69) is 20.8 Å². The Labute approximate surface area is 325 Å². The summed E-state index contributed by atoms with van der Waals surface area (Å²) in [6, 6.07) is 0. The first kappa shape index (κ1) is 38.9. The van der Waals surface area contributed by atoms with E-state index in [-0.39, 0.29) is 0 Å².